The molecule has 0 saturated heterocycles. The number of nitrogens with two attached hydrogens (primary N) is 1. The highest BCUT2D eigenvalue weighted by atomic mass is 32.2. The molecule has 0 saturated carbocycles. The molecular weight excluding hydrogens is 244 g/mol. The van der Waals surface area contributed by atoms with E-state index in [4.69, 9.17) is 10.9 Å². The lowest BCUT2D eigenvalue weighted by molar-refractivity contribution is 0.318. The van der Waals surface area contributed by atoms with E-state index in [2.05, 4.69) is 15.1 Å². The summed E-state index contributed by atoms with van der Waals surface area (Å²) in [7, 11) is 0. The van der Waals surface area contributed by atoms with Gasteiger partial charge in [0.25, 0.3) is 0 Å². The molecule has 5 nitrogen and oxygen atoms in total. The Balaban J connectivity index is 2.23. The van der Waals surface area contributed by atoms with Crippen LogP contribution in [-0.4, -0.2) is 21.0 Å². The van der Waals surface area contributed by atoms with Crippen molar-refractivity contribution in [2.75, 3.05) is 0 Å². The predicted octanol–water partition coefficient (Wildman–Crippen LogP) is 1.78. The molecule has 82 valence electrons. The van der Waals surface area contributed by atoms with Crippen molar-refractivity contribution in [3.63, 3.8) is 0 Å². The van der Waals surface area contributed by atoms with Crippen molar-refractivity contribution in [2.45, 2.75) is 9.37 Å². The topological polar surface area (TPSA) is 84.4 Å². The zero-order chi connectivity index (χ0) is 11.4. The number of oxime groups is 1. The number of pyridine rings is 1. The lowest BCUT2D eigenvalue weighted by Crippen LogP contribution is -2.14. The van der Waals surface area contributed by atoms with Crippen LogP contribution < -0.4 is 5.73 Å². The first-order chi connectivity index (χ1) is 7.79. The van der Waals surface area contributed by atoms with Crippen LogP contribution in [0.1, 0.15) is 5.69 Å². The minimum absolute atomic E-state index is 0.00147. The van der Waals surface area contributed by atoms with E-state index < -0.39 is 0 Å². The summed E-state index contributed by atoms with van der Waals surface area (Å²) in [5.74, 6) is 0.00147. The maximum absolute atomic E-state index is 8.54. The summed E-state index contributed by atoms with van der Waals surface area (Å²) in [6.45, 7) is 0. The Morgan fingerprint density at radius 3 is 3.06 bits per heavy atom. The molecule has 0 bridgehead atoms. The van der Waals surface area contributed by atoms with Gasteiger partial charge < -0.3 is 10.9 Å². The summed E-state index contributed by atoms with van der Waals surface area (Å²) < 4.78 is 0.907. The number of amidine groups is 1. The average Bonchev–Trinajstić information content (AvgIpc) is 2.81. The quantitative estimate of drug-likeness (QED) is 0.376. The highest BCUT2D eigenvalue weighted by Gasteiger charge is 2.05. The average molecular weight is 252 g/mol. The van der Waals surface area contributed by atoms with Gasteiger partial charge in [0.2, 0.25) is 0 Å². The first kappa shape index (κ1) is 10.9. The highest BCUT2D eigenvalue weighted by Crippen LogP contribution is 2.27. The van der Waals surface area contributed by atoms with Crippen molar-refractivity contribution >= 4 is 28.9 Å². The van der Waals surface area contributed by atoms with Gasteiger partial charge in [-0.15, -0.1) is 11.3 Å². The number of aromatic nitrogens is 2. The second-order valence-electron chi connectivity index (χ2n) is 2.75. The third-order valence-corrected chi connectivity index (χ3v) is 3.52. The number of thiazole rings is 1. The smallest absolute Gasteiger partial charge is 0.188 e. The number of nitrogens with zero attached hydrogens (tertiary/aromatic N) is 3. The maximum atomic E-state index is 8.54. The van der Waals surface area contributed by atoms with Crippen LogP contribution >= 0.6 is 23.1 Å². The van der Waals surface area contributed by atoms with Crippen LogP contribution in [0, 0.1) is 0 Å². The van der Waals surface area contributed by atoms with Crippen LogP contribution in [0.25, 0.3) is 0 Å². The van der Waals surface area contributed by atoms with E-state index in [1.807, 2.05) is 11.4 Å². The van der Waals surface area contributed by atoms with Crippen LogP contribution in [0.4, 0.5) is 0 Å². The van der Waals surface area contributed by atoms with Crippen LogP contribution in [0.2, 0.25) is 0 Å². The van der Waals surface area contributed by atoms with E-state index in [0.29, 0.717) is 5.69 Å². The van der Waals surface area contributed by atoms with Crippen molar-refractivity contribution in [3.8, 4) is 0 Å². The summed E-state index contributed by atoms with van der Waals surface area (Å²) in [5.41, 5.74) is 5.90. The normalized spacial score (nSPS) is 11.6. The zero-order valence-corrected chi connectivity index (χ0v) is 9.70. The van der Waals surface area contributed by atoms with Crippen molar-refractivity contribution in [1.82, 2.24) is 9.97 Å². The summed E-state index contributed by atoms with van der Waals surface area (Å²) in [4.78, 5) is 8.37. The second kappa shape index (κ2) is 4.95. The Hall–Kier alpha value is -1.60. The summed E-state index contributed by atoms with van der Waals surface area (Å²) in [6, 6.07) is 5.33. The highest BCUT2D eigenvalue weighted by molar-refractivity contribution is 8.00. The number of rotatable bonds is 3. The van der Waals surface area contributed by atoms with E-state index >= 15 is 0 Å². The van der Waals surface area contributed by atoms with Crippen LogP contribution in [0.5, 0.6) is 0 Å². The third-order valence-electron chi connectivity index (χ3n) is 1.70. The van der Waals surface area contributed by atoms with Crippen molar-refractivity contribution in [2.24, 2.45) is 10.9 Å². The van der Waals surface area contributed by atoms with E-state index in [-0.39, 0.29) is 5.84 Å². The van der Waals surface area contributed by atoms with Gasteiger partial charge in [-0.05, 0) is 23.9 Å². The monoisotopic (exact) mass is 252 g/mol. The van der Waals surface area contributed by atoms with Gasteiger partial charge in [0.05, 0.1) is 0 Å². The van der Waals surface area contributed by atoms with E-state index in [1.165, 1.54) is 23.1 Å². The maximum Gasteiger partial charge on any atom is 0.188 e. The molecule has 0 aliphatic rings. The standard InChI is InChI=1S/C9H8N4OS2/c10-8(13-14)6-2-1-3-7(12-6)16-9-11-4-5-15-9/h1-5,14H,(H2,10,13). The minimum atomic E-state index is 0.00147. The second-order valence-corrected chi connectivity index (χ2v) is 4.91. The Kier molecular flexibility index (Phi) is 3.37. The molecular formula is C9H8N4OS2. The van der Waals surface area contributed by atoms with Gasteiger partial charge >= 0.3 is 0 Å². The molecule has 2 rings (SSSR count). The van der Waals surface area contributed by atoms with Crippen LogP contribution in [0.3, 0.4) is 0 Å². The van der Waals surface area contributed by atoms with Crippen molar-refractivity contribution in [3.05, 3.63) is 35.5 Å². The van der Waals surface area contributed by atoms with Gasteiger partial charge in [0.15, 0.2) is 10.2 Å². The van der Waals surface area contributed by atoms with Gasteiger partial charge in [-0.2, -0.15) is 0 Å². The first-order valence-electron chi connectivity index (χ1n) is 4.32. The van der Waals surface area contributed by atoms with E-state index in [1.54, 1.807) is 18.3 Å². The van der Waals surface area contributed by atoms with Gasteiger partial charge in [-0.1, -0.05) is 11.2 Å². The molecule has 0 fully saturated rings. The molecule has 3 N–H and O–H groups in total. The lowest BCUT2D eigenvalue weighted by Gasteiger charge is -2.00. The molecule has 16 heavy (non-hydrogen) atoms. The molecule has 2 heterocycles. The molecule has 0 aliphatic heterocycles. The number of hydrogen-bond donors (Lipinski definition) is 2. The fourth-order valence-electron chi connectivity index (χ4n) is 1.02. The summed E-state index contributed by atoms with van der Waals surface area (Å²) >= 11 is 2.98. The van der Waals surface area contributed by atoms with Gasteiger partial charge in [0.1, 0.15) is 10.7 Å². The molecule has 0 aliphatic carbocycles. The Bertz CT molecular complexity index is 498. The zero-order valence-electron chi connectivity index (χ0n) is 8.07. The first-order valence-corrected chi connectivity index (χ1v) is 6.01. The lowest BCUT2D eigenvalue weighted by atomic mass is 10.3. The molecule has 7 heteroatoms. The molecule has 0 unspecified atom stereocenters. The minimum Gasteiger partial charge on any atom is -0.409 e. The Labute approximate surface area is 100 Å². The fraction of sp³-hybridized carbons (Fsp3) is 0. The van der Waals surface area contributed by atoms with Gasteiger partial charge in [-0.25, -0.2) is 9.97 Å². The van der Waals surface area contributed by atoms with Crippen molar-refractivity contribution in [1.29, 1.82) is 0 Å². The fourth-order valence-corrected chi connectivity index (χ4v) is 2.57. The van der Waals surface area contributed by atoms with E-state index in [0.717, 1.165) is 9.37 Å². The largest absolute Gasteiger partial charge is 0.409 e. The van der Waals surface area contributed by atoms with Crippen LogP contribution in [-0.2, 0) is 0 Å². The Morgan fingerprint density at radius 1 is 1.50 bits per heavy atom. The van der Waals surface area contributed by atoms with Crippen LogP contribution in [0.15, 0.2) is 44.3 Å². The third kappa shape index (κ3) is 2.50. The van der Waals surface area contributed by atoms with Gasteiger partial charge in [0, 0.05) is 11.6 Å². The molecule has 0 amide bonds. The molecule has 0 atom stereocenters. The summed E-state index contributed by atoms with van der Waals surface area (Å²) in [6.07, 6.45) is 1.74. The Morgan fingerprint density at radius 2 is 2.38 bits per heavy atom. The molecule has 0 spiro atoms. The molecule has 0 aromatic carbocycles. The number of hydrogen-bond acceptors (Lipinski definition) is 6. The molecule has 0 radical (unpaired) electrons. The van der Waals surface area contributed by atoms with Crippen molar-refractivity contribution < 1.29 is 5.21 Å². The summed E-state index contributed by atoms with van der Waals surface area (Å²) in [5, 5.41) is 14.1. The predicted molar refractivity (Wildman–Crippen MR) is 63.0 cm³/mol. The molecule has 2 aromatic heterocycles. The SMILES string of the molecule is NC(=NO)c1cccc(Sc2nccs2)n1. The van der Waals surface area contributed by atoms with Gasteiger partial charge in [-0.3, -0.25) is 0 Å². The molecule has 2 aromatic rings. The van der Waals surface area contributed by atoms with E-state index in [9.17, 15) is 0 Å².